The summed E-state index contributed by atoms with van der Waals surface area (Å²) in [6.45, 7) is 2.64. The number of amides is 1. The van der Waals surface area contributed by atoms with Gasteiger partial charge in [0, 0.05) is 30.5 Å². The number of pyridine rings is 1. The van der Waals surface area contributed by atoms with Gasteiger partial charge < -0.3 is 10.6 Å². The number of hydrogen-bond donors (Lipinski definition) is 2. The number of carbonyl (C=O) groups excluding carboxylic acids is 1. The van der Waals surface area contributed by atoms with E-state index in [0.717, 1.165) is 23.4 Å². The molecule has 0 atom stereocenters. The Kier molecular flexibility index (Phi) is 5.58. The van der Waals surface area contributed by atoms with E-state index >= 15 is 0 Å². The second-order valence-corrected chi connectivity index (χ2v) is 5.11. The third-order valence-electron chi connectivity index (χ3n) is 2.91. The van der Waals surface area contributed by atoms with E-state index in [1.54, 1.807) is 12.3 Å². The summed E-state index contributed by atoms with van der Waals surface area (Å²) < 4.78 is 0. The molecular weight excluding hydrogens is 286 g/mol. The molecule has 0 saturated heterocycles. The van der Waals surface area contributed by atoms with E-state index in [1.165, 1.54) is 0 Å². The van der Waals surface area contributed by atoms with Gasteiger partial charge >= 0.3 is 0 Å². The summed E-state index contributed by atoms with van der Waals surface area (Å²) in [6, 6.07) is 11.4. The molecule has 4 nitrogen and oxygen atoms in total. The maximum absolute atomic E-state index is 11.6. The predicted octanol–water partition coefficient (Wildman–Crippen LogP) is 4.09. The summed E-state index contributed by atoms with van der Waals surface area (Å²) in [7, 11) is 0. The van der Waals surface area contributed by atoms with Crippen LogP contribution in [-0.4, -0.2) is 10.9 Å². The SMILES string of the molecule is CCCC(=O)Nc1cccc(CNc2ccnc(Cl)c2)c1. The molecule has 0 aliphatic carbocycles. The zero-order chi connectivity index (χ0) is 15.1. The third kappa shape index (κ3) is 5.08. The molecule has 2 rings (SSSR count). The fraction of sp³-hybridized carbons (Fsp3) is 0.250. The highest BCUT2D eigenvalue weighted by Crippen LogP contribution is 2.15. The van der Waals surface area contributed by atoms with Crippen molar-refractivity contribution in [1.29, 1.82) is 0 Å². The number of halogens is 1. The van der Waals surface area contributed by atoms with Gasteiger partial charge in [0.1, 0.15) is 5.15 Å². The largest absolute Gasteiger partial charge is 0.381 e. The highest BCUT2D eigenvalue weighted by atomic mass is 35.5. The van der Waals surface area contributed by atoms with E-state index < -0.39 is 0 Å². The van der Waals surface area contributed by atoms with Crippen LogP contribution in [-0.2, 0) is 11.3 Å². The Morgan fingerprint density at radius 3 is 2.86 bits per heavy atom. The van der Waals surface area contributed by atoms with E-state index in [-0.39, 0.29) is 5.91 Å². The molecule has 2 aromatic rings. The van der Waals surface area contributed by atoms with Crippen LogP contribution in [0.3, 0.4) is 0 Å². The molecule has 0 radical (unpaired) electrons. The van der Waals surface area contributed by atoms with E-state index in [2.05, 4.69) is 15.6 Å². The standard InChI is InChI=1S/C16H18ClN3O/c1-2-4-16(21)20-14-6-3-5-12(9-14)11-19-13-7-8-18-15(17)10-13/h3,5-10H,2,4,11H2,1H3,(H,18,19)(H,20,21). The van der Waals surface area contributed by atoms with Crippen LogP contribution < -0.4 is 10.6 Å². The molecule has 0 unspecified atom stereocenters. The molecular formula is C16H18ClN3O. The molecule has 0 aliphatic rings. The molecule has 2 N–H and O–H groups in total. The minimum atomic E-state index is 0.0449. The fourth-order valence-corrected chi connectivity index (χ4v) is 2.10. The molecule has 1 aromatic heterocycles. The zero-order valence-corrected chi connectivity index (χ0v) is 12.7. The van der Waals surface area contributed by atoms with Gasteiger partial charge in [0.15, 0.2) is 0 Å². The summed E-state index contributed by atoms with van der Waals surface area (Å²) in [6.07, 6.45) is 3.04. The summed E-state index contributed by atoms with van der Waals surface area (Å²) in [5.41, 5.74) is 2.81. The lowest BCUT2D eigenvalue weighted by molar-refractivity contribution is -0.116. The first-order valence-electron chi connectivity index (χ1n) is 6.91. The minimum absolute atomic E-state index is 0.0449. The van der Waals surface area contributed by atoms with Gasteiger partial charge in [-0.3, -0.25) is 4.79 Å². The first kappa shape index (κ1) is 15.3. The van der Waals surface area contributed by atoms with Gasteiger partial charge in [-0.25, -0.2) is 4.98 Å². The maximum Gasteiger partial charge on any atom is 0.224 e. The molecule has 1 amide bonds. The van der Waals surface area contributed by atoms with Crippen molar-refractivity contribution in [2.75, 3.05) is 10.6 Å². The van der Waals surface area contributed by atoms with Crippen molar-refractivity contribution in [3.05, 3.63) is 53.3 Å². The average molecular weight is 304 g/mol. The summed E-state index contributed by atoms with van der Waals surface area (Å²) in [5, 5.41) is 6.62. The van der Waals surface area contributed by atoms with Crippen molar-refractivity contribution >= 4 is 28.9 Å². The lowest BCUT2D eigenvalue weighted by atomic mass is 10.2. The van der Waals surface area contributed by atoms with Crippen molar-refractivity contribution in [3.8, 4) is 0 Å². The first-order valence-corrected chi connectivity index (χ1v) is 7.29. The highest BCUT2D eigenvalue weighted by molar-refractivity contribution is 6.29. The predicted molar refractivity (Wildman–Crippen MR) is 86.6 cm³/mol. The number of benzene rings is 1. The molecule has 21 heavy (non-hydrogen) atoms. The number of rotatable bonds is 6. The number of carbonyl (C=O) groups is 1. The van der Waals surface area contributed by atoms with Crippen LogP contribution in [0.4, 0.5) is 11.4 Å². The van der Waals surface area contributed by atoms with Crippen LogP contribution in [0.2, 0.25) is 5.15 Å². The number of nitrogens with one attached hydrogen (secondary N) is 2. The lowest BCUT2D eigenvalue weighted by Crippen LogP contribution is -2.11. The van der Waals surface area contributed by atoms with Crippen LogP contribution in [0, 0.1) is 0 Å². The number of anilines is 2. The Hall–Kier alpha value is -2.07. The minimum Gasteiger partial charge on any atom is -0.381 e. The smallest absolute Gasteiger partial charge is 0.224 e. The lowest BCUT2D eigenvalue weighted by Gasteiger charge is -2.09. The van der Waals surface area contributed by atoms with Gasteiger partial charge in [0.2, 0.25) is 5.91 Å². The fourth-order valence-electron chi connectivity index (χ4n) is 1.93. The second-order valence-electron chi connectivity index (χ2n) is 4.72. The monoisotopic (exact) mass is 303 g/mol. The van der Waals surface area contributed by atoms with Crippen LogP contribution >= 0.6 is 11.6 Å². The molecule has 5 heteroatoms. The third-order valence-corrected chi connectivity index (χ3v) is 3.12. The van der Waals surface area contributed by atoms with Gasteiger partial charge in [-0.15, -0.1) is 0 Å². The van der Waals surface area contributed by atoms with E-state index in [0.29, 0.717) is 18.1 Å². The number of nitrogens with zero attached hydrogens (tertiary/aromatic N) is 1. The molecule has 1 aromatic carbocycles. The molecule has 0 fully saturated rings. The topological polar surface area (TPSA) is 54.0 Å². The Labute approximate surface area is 129 Å². The molecule has 0 aliphatic heterocycles. The van der Waals surface area contributed by atoms with Gasteiger partial charge in [-0.2, -0.15) is 0 Å². The van der Waals surface area contributed by atoms with Gasteiger partial charge in [0.05, 0.1) is 0 Å². The molecule has 0 saturated carbocycles. The summed E-state index contributed by atoms with van der Waals surface area (Å²) in [4.78, 5) is 15.5. The van der Waals surface area contributed by atoms with Crippen LogP contribution in [0.1, 0.15) is 25.3 Å². The molecule has 1 heterocycles. The van der Waals surface area contributed by atoms with Crippen LogP contribution in [0.5, 0.6) is 0 Å². The van der Waals surface area contributed by atoms with Gasteiger partial charge in [-0.1, -0.05) is 30.7 Å². The highest BCUT2D eigenvalue weighted by Gasteiger charge is 2.02. The van der Waals surface area contributed by atoms with Crippen molar-refractivity contribution in [2.45, 2.75) is 26.3 Å². The van der Waals surface area contributed by atoms with E-state index in [1.807, 2.05) is 37.3 Å². The van der Waals surface area contributed by atoms with Crippen molar-refractivity contribution in [3.63, 3.8) is 0 Å². The van der Waals surface area contributed by atoms with Gasteiger partial charge in [0.25, 0.3) is 0 Å². The summed E-state index contributed by atoms with van der Waals surface area (Å²) in [5.74, 6) is 0.0449. The van der Waals surface area contributed by atoms with Crippen molar-refractivity contribution < 1.29 is 4.79 Å². The molecule has 110 valence electrons. The van der Waals surface area contributed by atoms with Crippen LogP contribution in [0.25, 0.3) is 0 Å². The number of aromatic nitrogens is 1. The second kappa shape index (κ2) is 7.64. The van der Waals surface area contributed by atoms with Crippen molar-refractivity contribution in [1.82, 2.24) is 4.98 Å². The zero-order valence-electron chi connectivity index (χ0n) is 11.9. The van der Waals surface area contributed by atoms with E-state index in [9.17, 15) is 4.79 Å². The normalized spacial score (nSPS) is 10.2. The van der Waals surface area contributed by atoms with E-state index in [4.69, 9.17) is 11.6 Å². The Bertz CT molecular complexity index is 616. The molecule has 0 bridgehead atoms. The summed E-state index contributed by atoms with van der Waals surface area (Å²) >= 11 is 5.84. The van der Waals surface area contributed by atoms with Crippen molar-refractivity contribution in [2.24, 2.45) is 0 Å². The number of hydrogen-bond acceptors (Lipinski definition) is 3. The maximum atomic E-state index is 11.6. The Balaban J connectivity index is 1.96. The Morgan fingerprint density at radius 2 is 2.10 bits per heavy atom. The van der Waals surface area contributed by atoms with Crippen LogP contribution in [0.15, 0.2) is 42.6 Å². The quantitative estimate of drug-likeness (QED) is 0.790. The average Bonchev–Trinajstić information content (AvgIpc) is 2.46. The van der Waals surface area contributed by atoms with Gasteiger partial charge in [-0.05, 0) is 36.2 Å². The molecule has 0 spiro atoms. The first-order chi connectivity index (χ1) is 10.2. The Morgan fingerprint density at radius 1 is 1.24 bits per heavy atom.